The van der Waals surface area contributed by atoms with Crippen LogP contribution in [0.15, 0.2) is 250 Å². The molecular formula is C93H116F6O14S2. The fourth-order valence-corrected chi connectivity index (χ4v) is 11.2. The van der Waals surface area contributed by atoms with Crippen LogP contribution in [0.4, 0.5) is 26.3 Å². The van der Waals surface area contributed by atoms with Crippen molar-refractivity contribution in [2.24, 2.45) is 0 Å². The number of alkyl halides is 6. The molecule has 0 aliphatic carbocycles. The highest BCUT2D eigenvalue weighted by atomic mass is 32.2. The maximum Gasteiger partial charge on any atom is 0.416 e. The summed E-state index contributed by atoms with van der Waals surface area (Å²) in [5, 5.41) is 127. The van der Waals surface area contributed by atoms with Crippen molar-refractivity contribution >= 4 is 23.5 Å². The molecule has 0 unspecified atom stereocenters. The number of aromatic hydroxyl groups is 14. The Balaban J connectivity index is 0.00000129. The first-order chi connectivity index (χ1) is 54.1. The highest BCUT2D eigenvalue weighted by molar-refractivity contribution is 7.99. The minimum Gasteiger partial charge on any atom is -0.508 e. The van der Waals surface area contributed by atoms with E-state index in [1.165, 1.54) is 78.4 Å². The molecule has 0 amide bonds. The maximum atomic E-state index is 13.6. The van der Waals surface area contributed by atoms with Gasteiger partial charge in [0.05, 0.1) is 5.56 Å². The number of phenols is 14. The molecule has 0 atom stereocenters. The highest BCUT2D eigenvalue weighted by Crippen LogP contribution is 2.47. The maximum absolute atomic E-state index is 13.6. The lowest BCUT2D eigenvalue weighted by Gasteiger charge is -2.33. The summed E-state index contributed by atoms with van der Waals surface area (Å²) < 4.78 is 77.9. The summed E-state index contributed by atoms with van der Waals surface area (Å²) in [6, 6.07) is 59.4. The summed E-state index contributed by atoms with van der Waals surface area (Å²) in [5.74, 6) is 1.60. The monoisotopic (exact) mass is 1630 g/mol. The quantitative estimate of drug-likeness (QED) is 0.0423. The van der Waals surface area contributed by atoms with Crippen molar-refractivity contribution in [3.63, 3.8) is 0 Å². The number of phenolic OH excluding ortho intramolecular Hbond substituents is 14. The summed E-state index contributed by atoms with van der Waals surface area (Å²) in [4.78, 5) is 4.22. The molecule has 0 saturated carbocycles. The van der Waals surface area contributed by atoms with Crippen molar-refractivity contribution in [1.82, 2.24) is 0 Å². The molecule has 0 aliphatic rings. The van der Waals surface area contributed by atoms with Crippen LogP contribution in [-0.4, -0.2) is 77.7 Å². The number of benzene rings is 11. The van der Waals surface area contributed by atoms with E-state index in [1.807, 2.05) is 145 Å². The molecule has 0 heterocycles. The zero-order valence-corrected chi connectivity index (χ0v) is 70.6. The summed E-state index contributed by atoms with van der Waals surface area (Å²) in [7, 11) is 0. The molecule has 0 radical (unpaired) electrons. The second kappa shape index (κ2) is 53.1. The van der Waals surface area contributed by atoms with Crippen molar-refractivity contribution in [1.29, 1.82) is 0 Å². The third-order valence-electron chi connectivity index (χ3n) is 15.8. The van der Waals surface area contributed by atoms with Gasteiger partial charge in [0.1, 0.15) is 62.9 Å². The van der Waals surface area contributed by atoms with E-state index in [4.69, 9.17) is 56.2 Å². The molecular weight excluding hydrogens is 1520 g/mol. The van der Waals surface area contributed by atoms with Crippen LogP contribution in [0.25, 0.3) is 0 Å². The van der Waals surface area contributed by atoms with Crippen LogP contribution in [-0.2, 0) is 24.4 Å². The molecule has 14 nitrogen and oxygen atoms in total. The summed E-state index contributed by atoms with van der Waals surface area (Å²) in [6.07, 6.45) is -6.95. The zero-order chi connectivity index (χ0) is 88.1. The molecule has 22 heteroatoms. The van der Waals surface area contributed by atoms with E-state index >= 15 is 0 Å². The highest BCUT2D eigenvalue weighted by Gasteiger charge is 2.53. The summed E-state index contributed by atoms with van der Waals surface area (Å²) >= 11 is 3.17. The van der Waals surface area contributed by atoms with Crippen molar-refractivity contribution in [3.05, 3.63) is 286 Å². The number of rotatable bonds is 11. The van der Waals surface area contributed by atoms with Crippen LogP contribution < -0.4 is 0 Å². The van der Waals surface area contributed by atoms with Crippen LogP contribution in [0, 0.1) is 13.8 Å². The second-order valence-electron chi connectivity index (χ2n) is 25.3. The normalized spacial score (nSPS) is 10.3. The Hall–Kier alpha value is -11.1. The summed E-state index contributed by atoms with van der Waals surface area (Å²) in [5.41, 5.74) is 4.08. The van der Waals surface area contributed by atoms with Gasteiger partial charge in [0.2, 0.25) is 0 Å². The Morgan fingerprint density at radius 1 is 0.278 bits per heavy atom. The van der Waals surface area contributed by atoms with Crippen molar-refractivity contribution in [3.8, 4) is 80.5 Å². The van der Waals surface area contributed by atoms with E-state index < -0.39 is 23.3 Å². The lowest BCUT2D eigenvalue weighted by molar-refractivity contribution is -0.173. The number of hydrogen-bond acceptors (Lipinski definition) is 16. The Morgan fingerprint density at radius 3 is 0.757 bits per heavy atom. The lowest BCUT2D eigenvalue weighted by Crippen LogP contribution is -2.40. The predicted molar refractivity (Wildman–Crippen MR) is 456 cm³/mol. The lowest BCUT2D eigenvalue weighted by atomic mass is 9.75. The third kappa shape index (κ3) is 38.1. The smallest absolute Gasteiger partial charge is 0.416 e. The van der Waals surface area contributed by atoms with Gasteiger partial charge in [0.15, 0.2) is 23.0 Å². The largest absolute Gasteiger partial charge is 0.508 e. The number of hydrogen-bond donors (Lipinski definition) is 14. The Bertz CT molecular complexity index is 4150. The molecule has 11 aromatic carbocycles. The average molecular weight is 1640 g/mol. The number of aryl methyl sites for hydroxylation is 4. The molecule has 0 saturated heterocycles. The molecule has 11 aromatic rings. The number of halogens is 6. The molecule has 11 rings (SSSR count). The van der Waals surface area contributed by atoms with Gasteiger partial charge < -0.3 is 71.5 Å². The fourth-order valence-electron chi connectivity index (χ4n) is 9.57. The average Bonchev–Trinajstić information content (AvgIpc) is 0.756. The third-order valence-corrected chi connectivity index (χ3v) is 17.8. The molecule has 0 bridgehead atoms. The van der Waals surface area contributed by atoms with Gasteiger partial charge in [0.25, 0.3) is 0 Å². The molecule has 626 valence electrons. The Morgan fingerprint density at radius 2 is 0.530 bits per heavy atom. The summed E-state index contributed by atoms with van der Waals surface area (Å²) in [6.45, 7) is 36.9. The molecule has 0 aromatic heterocycles. The van der Waals surface area contributed by atoms with Crippen molar-refractivity contribution in [2.75, 3.05) is 0 Å². The van der Waals surface area contributed by atoms with E-state index in [2.05, 4.69) is 32.9 Å². The van der Waals surface area contributed by atoms with Gasteiger partial charge in [-0.05, 0) is 248 Å². The SMILES string of the molecule is CC.CC.CC.CC.CC(C)c1ccc(O)c(O)c1.CC(C)c1ccc(O)c(O)c1.CC(c1ccc(O)cc1)(c1ccc(O)cc1)C(F)(F)F.CCc1cc(C)cc(CC)c1O.Cc1cc(C(C)C)cc(C(F)(F)F)c1.Oc1cc(O)cc(O)c1.Oc1ccc(Sc2ccc(O)cc2)cc1.Oc1ccc(Sc2ccc(O)cc2)cc1. The van der Waals surface area contributed by atoms with Crippen LogP contribution in [0.3, 0.4) is 0 Å². The van der Waals surface area contributed by atoms with Crippen LogP contribution in [0.2, 0.25) is 0 Å². The molecule has 115 heavy (non-hydrogen) atoms. The minimum atomic E-state index is -4.51. The molecule has 14 N–H and O–H groups in total. The fraction of sp³-hybridized carbons (Fsp3) is 0.290. The Labute approximate surface area is 683 Å². The van der Waals surface area contributed by atoms with Crippen LogP contribution in [0.1, 0.15) is 191 Å². The topological polar surface area (TPSA) is 283 Å². The van der Waals surface area contributed by atoms with Gasteiger partial charge in [-0.15, -0.1) is 0 Å². The van der Waals surface area contributed by atoms with Gasteiger partial charge >= 0.3 is 12.4 Å². The first-order valence-corrected chi connectivity index (χ1v) is 39.2. The minimum absolute atomic E-state index is 0.0217. The van der Waals surface area contributed by atoms with Crippen molar-refractivity contribution < 1.29 is 97.8 Å². The zero-order valence-electron chi connectivity index (χ0n) is 68.9. The first kappa shape index (κ1) is 104. The van der Waals surface area contributed by atoms with E-state index in [0.717, 1.165) is 85.4 Å². The van der Waals surface area contributed by atoms with Gasteiger partial charge in [-0.2, -0.15) is 26.3 Å². The van der Waals surface area contributed by atoms with E-state index in [0.29, 0.717) is 23.1 Å². The van der Waals surface area contributed by atoms with Crippen LogP contribution in [0.5, 0.6) is 80.5 Å². The van der Waals surface area contributed by atoms with Gasteiger partial charge in [-0.1, -0.05) is 200 Å². The van der Waals surface area contributed by atoms with Crippen molar-refractivity contribution in [2.45, 2.75) is 199 Å². The second-order valence-corrected chi connectivity index (χ2v) is 27.6. The van der Waals surface area contributed by atoms with E-state index in [9.17, 15) is 41.7 Å². The van der Waals surface area contributed by atoms with Gasteiger partial charge in [0, 0.05) is 37.8 Å². The van der Waals surface area contributed by atoms with Gasteiger partial charge in [-0.3, -0.25) is 0 Å². The first-order valence-electron chi connectivity index (χ1n) is 37.6. The van der Waals surface area contributed by atoms with E-state index in [1.54, 1.807) is 109 Å². The van der Waals surface area contributed by atoms with Gasteiger partial charge in [-0.25, -0.2) is 0 Å². The standard InChI is InChI=1S/C15H13F3O2.2C12H10O2S.C11H13F3.C11H16O.2C9H12O2.C6H6O3.4C2H6/c1-14(15(16,17)18,10-2-6-12(19)7-3-10)11-4-8-13(20)9-5-11;2*13-9-1-5-11(6-2-9)15-12-7-3-10(14)4-8-12;1-7(2)9-4-8(3)5-10(6-9)11(12,13)14;1-4-9-6-8(3)7-10(5-2)11(9)12;2*1-6(2)7-3-4-8(10)9(11)5-7;7-4-1-5(8)3-6(9)2-4;4*1-2/h2-9,19-20H,1H3;2*1-8,13-14H;4-7H,1-3H3;6-7,12H,4-5H2,1-3H3;2*3-6,10-11H,1-2H3;1-3,7-9H;4*1-2H3. The molecule has 0 spiro atoms. The van der Waals surface area contributed by atoms with Crippen LogP contribution >= 0.6 is 23.5 Å². The molecule has 0 aliphatic heterocycles. The van der Waals surface area contributed by atoms with E-state index in [-0.39, 0.29) is 91.8 Å². The predicted octanol–water partition coefficient (Wildman–Crippen LogP) is 26.8. The Kier molecular flexibility index (Phi) is 47.9. The molecule has 0 fully saturated rings.